The van der Waals surface area contributed by atoms with Gasteiger partial charge in [0.1, 0.15) is 5.56 Å². The molecule has 0 spiro atoms. The number of aliphatic carboxylic acids is 1. The normalized spacial score (nSPS) is 11.0. The lowest BCUT2D eigenvalue weighted by Crippen LogP contribution is -2.35. The summed E-state index contributed by atoms with van der Waals surface area (Å²) in [6.45, 7) is 3.02. The van der Waals surface area contributed by atoms with Crippen LogP contribution in [0.1, 0.15) is 24.2 Å². The molecule has 0 aromatic carbocycles. The molecule has 0 saturated heterocycles. The maximum Gasteiger partial charge on any atom is 0.331 e. The Labute approximate surface area is 126 Å². The molecule has 0 fully saturated rings. The molecule has 0 bridgehead atoms. The lowest BCUT2D eigenvalue weighted by Gasteiger charge is -2.19. The van der Waals surface area contributed by atoms with Gasteiger partial charge in [-0.05, 0) is 26.0 Å². The van der Waals surface area contributed by atoms with Gasteiger partial charge in [0.15, 0.2) is 5.54 Å². The number of aromatic nitrogens is 3. The fourth-order valence-corrected chi connectivity index (χ4v) is 1.72. The van der Waals surface area contributed by atoms with Crippen LogP contribution in [-0.2, 0) is 10.3 Å². The molecule has 22 heavy (non-hydrogen) atoms. The molecule has 2 aromatic rings. The number of hydrogen-bond donors (Lipinski definition) is 2. The maximum atomic E-state index is 12.2. The van der Waals surface area contributed by atoms with Gasteiger partial charge in [0.05, 0.1) is 19.0 Å². The highest BCUT2D eigenvalue weighted by atomic mass is 16.5. The van der Waals surface area contributed by atoms with Gasteiger partial charge in [-0.15, -0.1) is 0 Å². The van der Waals surface area contributed by atoms with Crippen LogP contribution >= 0.6 is 0 Å². The van der Waals surface area contributed by atoms with Crippen LogP contribution in [0.15, 0.2) is 30.7 Å². The van der Waals surface area contributed by atoms with Crippen LogP contribution in [0, 0.1) is 0 Å². The number of ether oxygens (including phenoxy) is 1. The minimum absolute atomic E-state index is 0.207. The molecule has 0 unspecified atom stereocenters. The number of nitrogens with zero attached hydrogens (tertiary/aromatic N) is 3. The topological polar surface area (TPSA) is 106 Å². The summed E-state index contributed by atoms with van der Waals surface area (Å²) in [5.41, 5.74) is -0.560. The lowest BCUT2D eigenvalue weighted by molar-refractivity contribution is -0.146. The van der Waals surface area contributed by atoms with E-state index in [0.29, 0.717) is 5.69 Å². The van der Waals surface area contributed by atoms with Crippen molar-refractivity contribution in [3.05, 3.63) is 36.3 Å². The Hall–Kier alpha value is -2.90. The van der Waals surface area contributed by atoms with E-state index in [1.165, 1.54) is 44.2 Å². The van der Waals surface area contributed by atoms with Crippen molar-refractivity contribution in [3.8, 4) is 5.88 Å². The molecule has 2 rings (SSSR count). The van der Waals surface area contributed by atoms with Gasteiger partial charge in [0.25, 0.3) is 5.91 Å². The van der Waals surface area contributed by atoms with Crippen molar-refractivity contribution >= 4 is 17.6 Å². The summed E-state index contributed by atoms with van der Waals surface area (Å²) in [6.07, 6.45) is 4.35. The van der Waals surface area contributed by atoms with Gasteiger partial charge in [-0.3, -0.25) is 9.48 Å². The zero-order valence-electron chi connectivity index (χ0n) is 12.4. The molecule has 0 aliphatic carbocycles. The molecule has 0 aliphatic heterocycles. The van der Waals surface area contributed by atoms with E-state index >= 15 is 0 Å². The van der Waals surface area contributed by atoms with Crippen molar-refractivity contribution in [2.45, 2.75) is 19.4 Å². The van der Waals surface area contributed by atoms with E-state index in [4.69, 9.17) is 9.84 Å². The zero-order valence-corrected chi connectivity index (χ0v) is 12.4. The Morgan fingerprint density at radius 3 is 2.77 bits per heavy atom. The first-order valence-electron chi connectivity index (χ1n) is 6.45. The predicted molar refractivity (Wildman–Crippen MR) is 77.9 cm³/mol. The third-order valence-electron chi connectivity index (χ3n) is 3.15. The number of anilines is 1. The summed E-state index contributed by atoms with van der Waals surface area (Å²) in [6, 6.07) is 3.20. The Balaban J connectivity index is 2.20. The average molecular weight is 304 g/mol. The third-order valence-corrected chi connectivity index (χ3v) is 3.15. The molecule has 0 atom stereocenters. The number of carbonyl (C=O) groups excluding carboxylic acids is 1. The SMILES string of the molecule is COc1ncccc1C(=O)Nc1cnn(C(C)(C)C(=O)O)c1. The number of amides is 1. The van der Waals surface area contributed by atoms with Crippen LogP contribution in [0.5, 0.6) is 5.88 Å². The molecule has 8 heteroatoms. The predicted octanol–water partition coefficient (Wildman–Crippen LogP) is 1.36. The minimum Gasteiger partial charge on any atom is -0.480 e. The molecular formula is C14H16N4O4. The molecule has 0 aliphatic rings. The van der Waals surface area contributed by atoms with E-state index in [2.05, 4.69) is 15.4 Å². The van der Waals surface area contributed by atoms with Gasteiger partial charge in [-0.2, -0.15) is 5.10 Å². The highest BCUT2D eigenvalue weighted by Crippen LogP contribution is 2.19. The summed E-state index contributed by atoms with van der Waals surface area (Å²) >= 11 is 0. The average Bonchev–Trinajstić information content (AvgIpc) is 2.96. The Morgan fingerprint density at radius 2 is 2.14 bits per heavy atom. The number of methoxy groups -OCH3 is 1. The van der Waals surface area contributed by atoms with Gasteiger partial charge < -0.3 is 15.2 Å². The molecule has 2 N–H and O–H groups in total. The van der Waals surface area contributed by atoms with Crippen LogP contribution < -0.4 is 10.1 Å². The Morgan fingerprint density at radius 1 is 1.41 bits per heavy atom. The molecule has 1 amide bonds. The summed E-state index contributed by atoms with van der Waals surface area (Å²) in [5, 5.41) is 15.8. The number of carboxylic acids is 1. The van der Waals surface area contributed by atoms with Crippen molar-refractivity contribution in [1.29, 1.82) is 0 Å². The highest BCUT2D eigenvalue weighted by molar-refractivity contribution is 6.05. The largest absolute Gasteiger partial charge is 0.480 e. The van der Waals surface area contributed by atoms with Crippen LogP contribution in [0.2, 0.25) is 0 Å². The zero-order chi connectivity index (χ0) is 16.3. The van der Waals surface area contributed by atoms with Gasteiger partial charge in [0.2, 0.25) is 5.88 Å². The molecule has 2 heterocycles. The Kier molecular flexibility index (Phi) is 4.11. The van der Waals surface area contributed by atoms with E-state index in [-0.39, 0.29) is 11.4 Å². The van der Waals surface area contributed by atoms with Crippen LogP contribution in [0.3, 0.4) is 0 Å². The Bertz CT molecular complexity index is 708. The monoisotopic (exact) mass is 304 g/mol. The lowest BCUT2D eigenvalue weighted by atomic mass is 10.1. The first kappa shape index (κ1) is 15.5. The van der Waals surface area contributed by atoms with Crippen molar-refractivity contribution in [3.63, 3.8) is 0 Å². The van der Waals surface area contributed by atoms with Crippen LogP contribution in [-0.4, -0.2) is 38.9 Å². The molecule has 2 aromatic heterocycles. The fourth-order valence-electron chi connectivity index (χ4n) is 1.72. The maximum absolute atomic E-state index is 12.2. The number of pyridine rings is 1. The summed E-state index contributed by atoms with van der Waals surface area (Å²) < 4.78 is 6.29. The van der Waals surface area contributed by atoms with E-state index in [0.717, 1.165) is 0 Å². The number of carboxylic acid groups (broad SMARTS) is 1. The van der Waals surface area contributed by atoms with E-state index in [9.17, 15) is 9.59 Å². The number of nitrogens with one attached hydrogen (secondary N) is 1. The first-order valence-corrected chi connectivity index (χ1v) is 6.45. The summed E-state index contributed by atoms with van der Waals surface area (Å²) in [4.78, 5) is 27.3. The standard InChI is InChI=1S/C14H16N4O4/c1-14(2,13(20)21)18-8-9(7-16-18)17-11(19)10-5-4-6-15-12(10)22-3/h4-8H,1-3H3,(H,17,19)(H,20,21). The van der Waals surface area contributed by atoms with Crippen LogP contribution in [0.4, 0.5) is 5.69 Å². The summed E-state index contributed by atoms with van der Waals surface area (Å²) in [5.74, 6) is -1.24. The van der Waals surface area contributed by atoms with Crippen molar-refractivity contribution in [2.75, 3.05) is 12.4 Å². The van der Waals surface area contributed by atoms with Gasteiger partial charge in [0, 0.05) is 12.4 Å². The number of hydrogen-bond acceptors (Lipinski definition) is 5. The molecule has 8 nitrogen and oxygen atoms in total. The van der Waals surface area contributed by atoms with E-state index in [1.807, 2.05) is 0 Å². The first-order chi connectivity index (χ1) is 10.4. The van der Waals surface area contributed by atoms with Crippen molar-refractivity contribution < 1.29 is 19.4 Å². The quantitative estimate of drug-likeness (QED) is 0.863. The molecule has 116 valence electrons. The summed E-state index contributed by atoms with van der Waals surface area (Å²) in [7, 11) is 1.42. The second-order valence-electron chi connectivity index (χ2n) is 5.05. The van der Waals surface area contributed by atoms with Crippen molar-refractivity contribution in [1.82, 2.24) is 14.8 Å². The van der Waals surface area contributed by atoms with E-state index in [1.54, 1.807) is 12.1 Å². The second kappa shape index (κ2) is 5.84. The molecular weight excluding hydrogens is 288 g/mol. The minimum atomic E-state index is -1.21. The fraction of sp³-hybridized carbons (Fsp3) is 0.286. The van der Waals surface area contributed by atoms with E-state index < -0.39 is 17.4 Å². The van der Waals surface area contributed by atoms with Crippen LogP contribution in [0.25, 0.3) is 0 Å². The number of rotatable bonds is 5. The third kappa shape index (κ3) is 2.90. The highest BCUT2D eigenvalue weighted by Gasteiger charge is 2.30. The smallest absolute Gasteiger partial charge is 0.331 e. The second-order valence-corrected chi connectivity index (χ2v) is 5.05. The molecule has 0 saturated carbocycles. The van der Waals surface area contributed by atoms with Crippen molar-refractivity contribution in [2.24, 2.45) is 0 Å². The van der Waals surface area contributed by atoms with Gasteiger partial charge in [-0.25, -0.2) is 9.78 Å². The molecule has 0 radical (unpaired) electrons. The van der Waals surface area contributed by atoms with Gasteiger partial charge >= 0.3 is 5.97 Å². The van der Waals surface area contributed by atoms with Gasteiger partial charge in [-0.1, -0.05) is 0 Å². The number of carbonyl (C=O) groups is 2.